The Kier molecular flexibility index (Phi) is 17.0. The van der Waals surface area contributed by atoms with Crippen LogP contribution >= 0.6 is 23.7 Å². The molecule has 0 radical (unpaired) electrons. The van der Waals surface area contributed by atoms with Crippen molar-refractivity contribution in [1.82, 2.24) is 20.5 Å². The predicted molar refractivity (Wildman–Crippen MR) is 211 cm³/mol. The standard InChI is InChI=1S/C39H54N6O7S.ClH/c1-24-35(53-23-43-24)29-12-10-27(11-13-29)19-42-37(49)32-18-30(46)20-45(32)38(50)36(39(3,4)5)44-34(48)22-51-17-16-26-6-8-28(9-7-26)21-52-25(2)31(40)14-15-33(41)47;/h6-13,23,25,30-32,36,46H,14-22,40H2,1-5H3,(H2,41,47)(H,42,49)(H,44,48);1H/t25-,30-,31+,32+,36-;/m1./s1. The number of nitrogens with two attached hydrogens (primary N) is 2. The van der Waals surface area contributed by atoms with Gasteiger partial charge < -0.3 is 41.6 Å². The first-order valence-electron chi connectivity index (χ1n) is 18.0. The predicted octanol–water partition coefficient (Wildman–Crippen LogP) is 3.41. The number of carbonyl (C=O) groups excluding carboxylic acids is 4. The van der Waals surface area contributed by atoms with Crippen molar-refractivity contribution in [2.75, 3.05) is 19.8 Å². The van der Waals surface area contributed by atoms with E-state index in [0.717, 1.165) is 32.8 Å². The van der Waals surface area contributed by atoms with E-state index in [9.17, 15) is 24.3 Å². The number of carbonyl (C=O) groups is 4. The summed E-state index contributed by atoms with van der Waals surface area (Å²) in [6.45, 7) is 10.0. The number of halogens is 1. The van der Waals surface area contributed by atoms with E-state index in [4.69, 9.17) is 20.9 Å². The summed E-state index contributed by atoms with van der Waals surface area (Å²) in [5.74, 6) is -1.63. The van der Waals surface area contributed by atoms with E-state index in [1.165, 1.54) is 4.90 Å². The third kappa shape index (κ3) is 13.1. The van der Waals surface area contributed by atoms with Gasteiger partial charge in [-0.05, 0) is 54.4 Å². The lowest BCUT2D eigenvalue weighted by Gasteiger charge is -2.35. The highest BCUT2D eigenvalue weighted by atomic mass is 35.5. The van der Waals surface area contributed by atoms with Crippen LogP contribution in [0, 0.1) is 12.3 Å². The second-order valence-corrected chi connectivity index (χ2v) is 15.6. The number of thiazole rings is 1. The molecule has 1 saturated heterocycles. The Morgan fingerprint density at radius 1 is 1.06 bits per heavy atom. The Hall–Kier alpha value is -3.92. The van der Waals surface area contributed by atoms with Crippen molar-refractivity contribution in [3.05, 3.63) is 76.4 Å². The van der Waals surface area contributed by atoms with Crippen molar-refractivity contribution in [3.63, 3.8) is 0 Å². The van der Waals surface area contributed by atoms with Gasteiger partial charge in [-0.3, -0.25) is 19.2 Å². The van der Waals surface area contributed by atoms with Crippen molar-refractivity contribution in [2.45, 2.75) is 104 Å². The van der Waals surface area contributed by atoms with Gasteiger partial charge >= 0.3 is 0 Å². The van der Waals surface area contributed by atoms with Crippen molar-refractivity contribution in [1.29, 1.82) is 0 Å². The number of amides is 4. The number of ether oxygens (including phenoxy) is 2. The average molecular weight is 787 g/mol. The fourth-order valence-corrected chi connectivity index (χ4v) is 6.85. The lowest BCUT2D eigenvalue weighted by Crippen LogP contribution is -2.58. The third-order valence-electron chi connectivity index (χ3n) is 9.34. The molecule has 0 unspecified atom stereocenters. The maximum absolute atomic E-state index is 13.9. The summed E-state index contributed by atoms with van der Waals surface area (Å²) in [6, 6.07) is 13.6. The minimum absolute atomic E-state index is 0. The monoisotopic (exact) mass is 786 g/mol. The minimum atomic E-state index is -0.947. The van der Waals surface area contributed by atoms with E-state index in [1.807, 2.05) is 88.7 Å². The molecule has 15 heteroatoms. The first-order valence-corrected chi connectivity index (χ1v) is 18.9. The van der Waals surface area contributed by atoms with Crippen LogP contribution in [0.4, 0.5) is 0 Å². The molecule has 2 aromatic carbocycles. The normalized spacial score (nSPS) is 17.3. The van der Waals surface area contributed by atoms with Gasteiger partial charge in [0.1, 0.15) is 18.7 Å². The molecule has 2 heterocycles. The lowest BCUT2D eigenvalue weighted by molar-refractivity contribution is -0.144. The molecule has 5 atom stereocenters. The highest BCUT2D eigenvalue weighted by Crippen LogP contribution is 2.28. The fourth-order valence-electron chi connectivity index (χ4n) is 6.03. The number of hydrogen-bond donors (Lipinski definition) is 5. The van der Waals surface area contributed by atoms with Crippen LogP contribution in [0.3, 0.4) is 0 Å². The number of hydrogen-bond acceptors (Lipinski definition) is 10. The zero-order chi connectivity index (χ0) is 38.7. The Labute approximate surface area is 328 Å². The summed E-state index contributed by atoms with van der Waals surface area (Å²) in [5.41, 5.74) is 17.3. The molecule has 4 amide bonds. The molecule has 0 aliphatic carbocycles. The summed E-state index contributed by atoms with van der Waals surface area (Å²) in [7, 11) is 0. The molecule has 13 nitrogen and oxygen atoms in total. The summed E-state index contributed by atoms with van der Waals surface area (Å²) < 4.78 is 11.5. The topological polar surface area (TPSA) is 199 Å². The molecular weight excluding hydrogens is 732 g/mol. The number of aromatic nitrogens is 1. The molecule has 7 N–H and O–H groups in total. The van der Waals surface area contributed by atoms with E-state index in [1.54, 1.807) is 11.3 Å². The van der Waals surface area contributed by atoms with E-state index < -0.39 is 35.4 Å². The first kappa shape index (κ1) is 44.5. The molecule has 54 heavy (non-hydrogen) atoms. The molecule has 1 aromatic heterocycles. The van der Waals surface area contributed by atoms with Crippen LogP contribution in [0.2, 0.25) is 0 Å². The van der Waals surface area contributed by atoms with Gasteiger partial charge in [0.25, 0.3) is 0 Å². The minimum Gasteiger partial charge on any atom is -0.391 e. The highest BCUT2D eigenvalue weighted by molar-refractivity contribution is 7.13. The Bertz CT molecular complexity index is 1680. The van der Waals surface area contributed by atoms with Crippen LogP contribution in [0.25, 0.3) is 10.4 Å². The van der Waals surface area contributed by atoms with Crippen molar-refractivity contribution < 1.29 is 33.8 Å². The summed E-state index contributed by atoms with van der Waals surface area (Å²) >= 11 is 1.57. The third-order valence-corrected chi connectivity index (χ3v) is 10.3. The fraction of sp³-hybridized carbons (Fsp3) is 0.513. The number of likely N-dealkylation sites (tertiary alicyclic amines) is 1. The van der Waals surface area contributed by atoms with Gasteiger partial charge in [0.2, 0.25) is 23.6 Å². The number of rotatable bonds is 18. The second kappa shape index (κ2) is 20.7. The van der Waals surface area contributed by atoms with Crippen LogP contribution in [-0.2, 0) is 48.2 Å². The van der Waals surface area contributed by atoms with Gasteiger partial charge in [0.05, 0.1) is 41.5 Å². The van der Waals surface area contributed by atoms with E-state index in [2.05, 4.69) is 15.6 Å². The molecular formula is C39H55ClN6O7S. The molecule has 1 aliphatic heterocycles. The van der Waals surface area contributed by atoms with Crippen LogP contribution < -0.4 is 22.1 Å². The molecule has 296 valence electrons. The van der Waals surface area contributed by atoms with Crippen molar-refractivity contribution >= 4 is 47.4 Å². The smallest absolute Gasteiger partial charge is 0.246 e. The lowest BCUT2D eigenvalue weighted by atomic mass is 9.85. The molecule has 0 saturated carbocycles. The number of primary amides is 1. The maximum atomic E-state index is 13.9. The quantitative estimate of drug-likeness (QED) is 0.120. The largest absolute Gasteiger partial charge is 0.391 e. The van der Waals surface area contributed by atoms with Crippen molar-refractivity contribution in [2.24, 2.45) is 16.9 Å². The van der Waals surface area contributed by atoms with Crippen LogP contribution in [0.5, 0.6) is 0 Å². The second-order valence-electron chi connectivity index (χ2n) is 14.7. The summed E-state index contributed by atoms with van der Waals surface area (Å²) in [4.78, 5) is 58.0. The number of aliphatic hydroxyl groups is 1. The average Bonchev–Trinajstić information content (AvgIpc) is 3.74. The van der Waals surface area contributed by atoms with Crippen LogP contribution in [-0.4, -0.2) is 88.7 Å². The van der Waals surface area contributed by atoms with Crippen LogP contribution in [0.1, 0.15) is 69.3 Å². The van der Waals surface area contributed by atoms with E-state index >= 15 is 0 Å². The van der Waals surface area contributed by atoms with Gasteiger partial charge in [-0.2, -0.15) is 0 Å². The molecule has 1 aliphatic rings. The Balaban J connectivity index is 0.00000784. The molecule has 0 bridgehead atoms. The van der Waals surface area contributed by atoms with Gasteiger partial charge in [0.15, 0.2) is 0 Å². The number of aryl methyl sites for hydroxylation is 1. The number of nitrogens with zero attached hydrogens (tertiary/aromatic N) is 2. The summed E-state index contributed by atoms with van der Waals surface area (Å²) in [5, 5.41) is 16.2. The van der Waals surface area contributed by atoms with Gasteiger partial charge in [-0.1, -0.05) is 69.3 Å². The summed E-state index contributed by atoms with van der Waals surface area (Å²) in [6.07, 6.45) is 0.272. The highest BCUT2D eigenvalue weighted by Gasteiger charge is 2.44. The van der Waals surface area contributed by atoms with E-state index in [-0.39, 0.29) is 75.5 Å². The zero-order valence-electron chi connectivity index (χ0n) is 31.7. The number of aliphatic hydroxyl groups excluding tert-OH is 1. The molecule has 0 spiro atoms. The first-order chi connectivity index (χ1) is 25.1. The SMILES string of the molecule is Cc1ncsc1-c1ccc(CNC(=O)[C@@H]2C[C@@H](O)CN2C(=O)[C@@H](NC(=O)COCCc2ccc(CO[C@H](C)[C@@H](N)CCC(N)=O)cc2)C(C)(C)C)cc1.Cl. The molecule has 3 aromatic rings. The Morgan fingerprint density at radius 2 is 1.70 bits per heavy atom. The zero-order valence-corrected chi connectivity index (χ0v) is 33.3. The van der Waals surface area contributed by atoms with Gasteiger partial charge in [-0.15, -0.1) is 23.7 Å². The molecule has 4 rings (SSSR count). The van der Waals surface area contributed by atoms with Gasteiger partial charge in [0, 0.05) is 32.0 Å². The van der Waals surface area contributed by atoms with Crippen LogP contribution in [0.15, 0.2) is 54.0 Å². The number of nitrogens with one attached hydrogen (secondary N) is 2. The maximum Gasteiger partial charge on any atom is 0.246 e. The number of β-amino-alcohol motifs (C(OH)–C–C–N with tert-alkyl or cyclic N) is 1. The Morgan fingerprint density at radius 3 is 2.31 bits per heavy atom. The number of benzene rings is 2. The van der Waals surface area contributed by atoms with E-state index in [0.29, 0.717) is 19.4 Å². The molecule has 1 fully saturated rings. The van der Waals surface area contributed by atoms with Crippen molar-refractivity contribution in [3.8, 4) is 10.4 Å². The van der Waals surface area contributed by atoms with Gasteiger partial charge in [-0.25, -0.2) is 4.98 Å².